The molecule has 1 heterocycles. The molecular weight excluding hydrogens is 248 g/mol. The van der Waals surface area contributed by atoms with Crippen LogP contribution in [0.5, 0.6) is 0 Å². The van der Waals surface area contributed by atoms with Gasteiger partial charge in [0.2, 0.25) is 0 Å². The first-order chi connectivity index (χ1) is 9.50. The number of benzene rings is 1. The van der Waals surface area contributed by atoms with Crippen LogP contribution >= 0.6 is 0 Å². The Labute approximate surface area is 121 Å². The molecule has 1 atom stereocenters. The average Bonchev–Trinajstić information content (AvgIpc) is 2.46. The van der Waals surface area contributed by atoms with Gasteiger partial charge in [-0.1, -0.05) is 12.1 Å². The van der Waals surface area contributed by atoms with Gasteiger partial charge >= 0.3 is 0 Å². The molecular formula is C16H24N4. The van der Waals surface area contributed by atoms with Crippen LogP contribution in [-0.4, -0.2) is 43.2 Å². The Hall–Kier alpha value is -1.57. The summed E-state index contributed by atoms with van der Waals surface area (Å²) in [6.45, 7) is 8.99. The number of nitriles is 1. The van der Waals surface area contributed by atoms with E-state index in [4.69, 9.17) is 11.0 Å². The van der Waals surface area contributed by atoms with Crippen molar-refractivity contribution >= 4 is 5.69 Å². The summed E-state index contributed by atoms with van der Waals surface area (Å²) in [6, 6.07) is 10.8. The van der Waals surface area contributed by atoms with Gasteiger partial charge in [0, 0.05) is 38.4 Å². The molecule has 0 saturated carbocycles. The van der Waals surface area contributed by atoms with E-state index < -0.39 is 5.54 Å². The number of piperazine rings is 1. The van der Waals surface area contributed by atoms with Gasteiger partial charge in [0.15, 0.2) is 0 Å². The largest absolute Gasteiger partial charge is 0.369 e. The molecule has 1 aliphatic heterocycles. The van der Waals surface area contributed by atoms with Gasteiger partial charge in [0.25, 0.3) is 0 Å². The third-order valence-electron chi connectivity index (χ3n) is 3.94. The van der Waals surface area contributed by atoms with Gasteiger partial charge in [-0.2, -0.15) is 5.26 Å². The van der Waals surface area contributed by atoms with Crippen molar-refractivity contribution in [3.63, 3.8) is 0 Å². The highest BCUT2D eigenvalue weighted by molar-refractivity contribution is 5.48. The van der Waals surface area contributed by atoms with Gasteiger partial charge in [-0.3, -0.25) is 4.90 Å². The number of hydrogen-bond donors (Lipinski definition) is 1. The predicted molar refractivity (Wildman–Crippen MR) is 82.7 cm³/mol. The monoisotopic (exact) mass is 272 g/mol. The Kier molecular flexibility index (Phi) is 4.64. The molecule has 1 unspecified atom stereocenters. The molecule has 4 heteroatoms. The Bertz CT molecular complexity index is 481. The fourth-order valence-electron chi connectivity index (χ4n) is 2.50. The van der Waals surface area contributed by atoms with E-state index in [-0.39, 0.29) is 0 Å². The van der Waals surface area contributed by atoms with Crippen molar-refractivity contribution in [1.82, 2.24) is 4.90 Å². The fraction of sp³-hybridized carbons (Fsp3) is 0.562. The predicted octanol–water partition coefficient (Wildman–Crippen LogP) is 1.75. The average molecular weight is 272 g/mol. The third kappa shape index (κ3) is 3.96. The summed E-state index contributed by atoms with van der Waals surface area (Å²) < 4.78 is 0. The Morgan fingerprint density at radius 3 is 2.60 bits per heavy atom. The minimum Gasteiger partial charge on any atom is -0.369 e. The van der Waals surface area contributed by atoms with Gasteiger partial charge in [-0.25, -0.2) is 0 Å². The number of hydrogen-bond acceptors (Lipinski definition) is 4. The van der Waals surface area contributed by atoms with Gasteiger partial charge < -0.3 is 10.6 Å². The summed E-state index contributed by atoms with van der Waals surface area (Å²) in [5.74, 6) is 0. The van der Waals surface area contributed by atoms with E-state index in [1.807, 2.05) is 0 Å². The quantitative estimate of drug-likeness (QED) is 0.907. The van der Waals surface area contributed by atoms with Gasteiger partial charge in [0.05, 0.1) is 6.07 Å². The van der Waals surface area contributed by atoms with Crippen molar-refractivity contribution < 1.29 is 0 Å². The van der Waals surface area contributed by atoms with E-state index in [0.29, 0.717) is 0 Å². The van der Waals surface area contributed by atoms with Crippen molar-refractivity contribution in [3.8, 4) is 6.07 Å². The number of nitrogens with zero attached hydrogens (tertiary/aromatic N) is 3. The standard InChI is InChI=1S/C16H24N4/c1-14-4-3-5-15(12-14)20-10-8-19(9-11-20)7-6-16(2,18)13-17/h3-5,12H,6-11,18H2,1-2H3. The lowest BCUT2D eigenvalue weighted by molar-refractivity contribution is 0.242. The molecule has 0 bridgehead atoms. The topological polar surface area (TPSA) is 56.3 Å². The zero-order valence-corrected chi connectivity index (χ0v) is 12.5. The molecule has 2 N–H and O–H groups in total. The van der Waals surface area contributed by atoms with E-state index >= 15 is 0 Å². The Morgan fingerprint density at radius 2 is 2.00 bits per heavy atom. The van der Waals surface area contributed by atoms with Crippen LogP contribution in [0.1, 0.15) is 18.9 Å². The lowest BCUT2D eigenvalue weighted by atomic mass is 10.0. The summed E-state index contributed by atoms with van der Waals surface area (Å²) in [5.41, 5.74) is 7.78. The van der Waals surface area contributed by atoms with Crippen LogP contribution in [0.2, 0.25) is 0 Å². The van der Waals surface area contributed by atoms with Crippen molar-refractivity contribution in [2.24, 2.45) is 5.73 Å². The van der Waals surface area contributed by atoms with Gasteiger partial charge in [0.1, 0.15) is 5.54 Å². The smallest absolute Gasteiger partial charge is 0.102 e. The maximum absolute atomic E-state index is 8.94. The van der Waals surface area contributed by atoms with E-state index in [1.165, 1.54) is 11.3 Å². The van der Waals surface area contributed by atoms with E-state index in [9.17, 15) is 0 Å². The molecule has 1 aliphatic rings. The van der Waals surface area contributed by atoms with E-state index in [1.54, 1.807) is 6.92 Å². The Balaban J connectivity index is 1.82. The molecule has 108 valence electrons. The van der Waals surface area contributed by atoms with E-state index in [0.717, 1.165) is 39.1 Å². The zero-order valence-electron chi connectivity index (χ0n) is 12.5. The van der Waals surface area contributed by atoms with Crippen molar-refractivity contribution in [1.29, 1.82) is 5.26 Å². The van der Waals surface area contributed by atoms with Crippen molar-refractivity contribution in [2.75, 3.05) is 37.6 Å². The number of nitrogens with two attached hydrogens (primary N) is 1. The summed E-state index contributed by atoms with van der Waals surface area (Å²) in [6.07, 6.45) is 0.730. The second kappa shape index (κ2) is 6.25. The molecule has 0 amide bonds. The first-order valence-electron chi connectivity index (χ1n) is 7.24. The molecule has 1 saturated heterocycles. The molecule has 20 heavy (non-hydrogen) atoms. The molecule has 1 fully saturated rings. The first-order valence-corrected chi connectivity index (χ1v) is 7.24. The van der Waals surface area contributed by atoms with Crippen LogP contribution in [0.25, 0.3) is 0 Å². The van der Waals surface area contributed by atoms with Gasteiger partial charge in [-0.15, -0.1) is 0 Å². The Morgan fingerprint density at radius 1 is 1.30 bits per heavy atom. The molecule has 0 spiro atoms. The normalized spacial score (nSPS) is 19.4. The molecule has 4 nitrogen and oxygen atoms in total. The minimum absolute atomic E-state index is 0.701. The first kappa shape index (κ1) is 14.8. The molecule has 0 aromatic heterocycles. The van der Waals surface area contributed by atoms with Crippen molar-refractivity contribution in [2.45, 2.75) is 25.8 Å². The number of anilines is 1. The zero-order chi connectivity index (χ0) is 14.6. The second-order valence-electron chi connectivity index (χ2n) is 5.95. The second-order valence-corrected chi connectivity index (χ2v) is 5.95. The molecule has 2 rings (SSSR count). The maximum Gasteiger partial charge on any atom is 0.102 e. The van der Waals surface area contributed by atoms with Crippen LogP contribution in [0.4, 0.5) is 5.69 Å². The van der Waals surface area contributed by atoms with Crippen LogP contribution in [0.3, 0.4) is 0 Å². The highest BCUT2D eigenvalue weighted by Crippen LogP contribution is 2.18. The molecule has 0 radical (unpaired) electrons. The van der Waals surface area contributed by atoms with Crippen molar-refractivity contribution in [3.05, 3.63) is 29.8 Å². The summed E-state index contributed by atoms with van der Waals surface area (Å²) in [7, 11) is 0. The molecule has 0 aliphatic carbocycles. The SMILES string of the molecule is Cc1cccc(N2CCN(CCC(C)(N)C#N)CC2)c1. The van der Waals surface area contributed by atoms with Crippen LogP contribution in [0, 0.1) is 18.3 Å². The lowest BCUT2D eigenvalue weighted by Gasteiger charge is -2.37. The summed E-state index contributed by atoms with van der Waals surface area (Å²) >= 11 is 0. The maximum atomic E-state index is 8.94. The summed E-state index contributed by atoms with van der Waals surface area (Å²) in [4.78, 5) is 4.82. The van der Waals surface area contributed by atoms with Crippen LogP contribution in [-0.2, 0) is 0 Å². The molecule has 1 aromatic rings. The van der Waals surface area contributed by atoms with Crippen LogP contribution in [0.15, 0.2) is 24.3 Å². The third-order valence-corrected chi connectivity index (χ3v) is 3.94. The van der Waals surface area contributed by atoms with Crippen LogP contribution < -0.4 is 10.6 Å². The molecule has 1 aromatic carbocycles. The lowest BCUT2D eigenvalue weighted by Crippen LogP contribution is -2.48. The highest BCUT2D eigenvalue weighted by atomic mass is 15.3. The fourth-order valence-corrected chi connectivity index (χ4v) is 2.50. The highest BCUT2D eigenvalue weighted by Gasteiger charge is 2.21. The summed E-state index contributed by atoms with van der Waals surface area (Å²) in [5, 5.41) is 8.94. The number of aryl methyl sites for hydroxylation is 1. The number of rotatable bonds is 4. The minimum atomic E-state index is -0.701. The van der Waals surface area contributed by atoms with E-state index in [2.05, 4.69) is 47.1 Å². The van der Waals surface area contributed by atoms with Gasteiger partial charge in [-0.05, 0) is 38.0 Å².